The van der Waals surface area contributed by atoms with Crippen molar-refractivity contribution in [3.05, 3.63) is 59.9 Å². The fraction of sp³-hybridized carbons (Fsp3) is 0. The fourth-order valence-electron chi connectivity index (χ4n) is 1.37. The lowest BCUT2D eigenvalue weighted by molar-refractivity contribution is 0.0736. The standard InChI is InChI=1S/C13H10FNO2/c14-9-6-7-11(12(15)8-9)13(16)17-10-4-2-1-3-5-10/h1-8H,15H2. The Morgan fingerprint density at radius 2 is 1.82 bits per heavy atom. The summed E-state index contributed by atoms with van der Waals surface area (Å²) >= 11 is 0. The van der Waals surface area contributed by atoms with Crippen molar-refractivity contribution < 1.29 is 13.9 Å². The highest BCUT2D eigenvalue weighted by Gasteiger charge is 2.12. The first-order valence-electron chi connectivity index (χ1n) is 4.99. The molecular formula is C13H10FNO2. The molecule has 0 unspecified atom stereocenters. The average molecular weight is 231 g/mol. The zero-order valence-electron chi connectivity index (χ0n) is 8.89. The number of hydrogen-bond donors (Lipinski definition) is 1. The molecule has 0 aliphatic heterocycles. The second-order valence-electron chi connectivity index (χ2n) is 3.43. The molecule has 2 rings (SSSR count). The van der Waals surface area contributed by atoms with E-state index < -0.39 is 11.8 Å². The Morgan fingerprint density at radius 1 is 1.12 bits per heavy atom. The summed E-state index contributed by atoms with van der Waals surface area (Å²) in [6, 6.07) is 12.2. The minimum absolute atomic E-state index is 0.0610. The fourth-order valence-corrected chi connectivity index (χ4v) is 1.37. The van der Waals surface area contributed by atoms with Gasteiger partial charge < -0.3 is 10.5 Å². The van der Waals surface area contributed by atoms with E-state index in [0.29, 0.717) is 5.75 Å². The molecule has 0 aromatic heterocycles. The second-order valence-corrected chi connectivity index (χ2v) is 3.43. The third-order valence-electron chi connectivity index (χ3n) is 2.19. The van der Waals surface area contributed by atoms with Crippen molar-refractivity contribution >= 4 is 11.7 Å². The maximum atomic E-state index is 12.8. The van der Waals surface area contributed by atoms with Gasteiger partial charge in [-0.1, -0.05) is 18.2 Å². The van der Waals surface area contributed by atoms with Crippen molar-refractivity contribution in [3.8, 4) is 5.75 Å². The van der Waals surface area contributed by atoms with E-state index in [1.807, 2.05) is 6.07 Å². The molecule has 4 heteroatoms. The SMILES string of the molecule is Nc1cc(F)ccc1C(=O)Oc1ccccc1. The number of carbonyl (C=O) groups is 1. The lowest BCUT2D eigenvalue weighted by atomic mass is 10.2. The molecule has 0 amide bonds. The highest BCUT2D eigenvalue weighted by Crippen LogP contribution is 2.17. The molecule has 0 saturated heterocycles. The van der Waals surface area contributed by atoms with Gasteiger partial charge in [0.25, 0.3) is 0 Å². The molecule has 17 heavy (non-hydrogen) atoms. The van der Waals surface area contributed by atoms with Gasteiger partial charge in [0.1, 0.15) is 11.6 Å². The zero-order valence-corrected chi connectivity index (χ0v) is 8.89. The molecule has 0 spiro atoms. The van der Waals surface area contributed by atoms with E-state index in [2.05, 4.69) is 0 Å². The van der Waals surface area contributed by atoms with E-state index in [4.69, 9.17) is 10.5 Å². The number of ether oxygens (including phenoxy) is 1. The Labute approximate surface area is 97.6 Å². The average Bonchev–Trinajstić information content (AvgIpc) is 2.30. The minimum atomic E-state index is -0.603. The van der Waals surface area contributed by atoms with E-state index in [-0.39, 0.29) is 11.3 Å². The number of halogens is 1. The van der Waals surface area contributed by atoms with Crippen molar-refractivity contribution in [3.63, 3.8) is 0 Å². The molecule has 0 heterocycles. The summed E-state index contributed by atoms with van der Waals surface area (Å²) < 4.78 is 17.9. The van der Waals surface area contributed by atoms with Gasteiger partial charge in [-0.05, 0) is 30.3 Å². The third-order valence-corrected chi connectivity index (χ3v) is 2.19. The molecule has 0 radical (unpaired) electrons. The number of carbonyl (C=O) groups excluding carboxylic acids is 1. The first-order chi connectivity index (χ1) is 8.16. The largest absolute Gasteiger partial charge is 0.423 e. The van der Waals surface area contributed by atoms with Crippen LogP contribution in [0.4, 0.5) is 10.1 Å². The summed E-state index contributed by atoms with van der Waals surface area (Å²) in [5.41, 5.74) is 5.74. The molecule has 0 saturated carbocycles. The lowest BCUT2D eigenvalue weighted by Crippen LogP contribution is -2.11. The van der Waals surface area contributed by atoms with Crippen LogP contribution < -0.4 is 10.5 Å². The second kappa shape index (κ2) is 4.65. The van der Waals surface area contributed by atoms with Crippen molar-refractivity contribution in [2.45, 2.75) is 0 Å². The predicted molar refractivity (Wildman–Crippen MR) is 62.2 cm³/mol. The monoisotopic (exact) mass is 231 g/mol. The summed E-state index contributed by atoms with van der Waals surface area (Å²) in [5.74, 6) is -0.673. The van der Waals surface area contributed by atoms with Crippen molar-refractivity contribution in [2.24, 2.45) is 0 Å². The molecule has 2 N–H and O–H groups in total. The highest BCUT2D eigenvalue weighted by atomic mass is 19.1. The summed E-state index contributed by atoms with van der Waals surface area (Å²) in [4.78, 5) is 11.7. The van der Waals surface area contributed by atoms with Crippen LogP contribution >= 0.6 is 0 Å². The van der Waals surface area contributed by atoms with E-state index in [9.17, 15) is 9.18 Å². The summed E-state index contributed by atoms with van der Waals surface area (Å²) in [7, 11) is 0. The van der Waals surface area contributed by atoms with E-state index in [0.717, 1.165) is 12.1 Å². The Kier molecular flexibility index (Phi) is 3.05. The summed E-state index contributed by atoms with van der Waals surface area (Å²) in [6.07, 6.45) is 0. The summed E-state index contributed by atoms with van der Waals surface area (Å²) in [5, 5.41) is 0. The Bertz CT molecular complexity index is 540. The first kappa shape index (κ1) is 11.1. The maximum Gasteiger partial charge on any atom is 0.345 e. The molecule has 2 aromatic carbocycles. The van der Waals surface area contributed by atoms with Crippen molar-refractivity contribution in [1.82, 2.24) is 0 Å². The third kappa shape index (κ3) is 2.60. The molecule has 86 valence electrons. The van der Waals surface area contributed by atoms with Crippen LogP contribution in [0, 0.1) is 5.82 Å². The van der Waals surface area contributed by atoms with Crippen LogP contribution in [0.2, 0.25) is 0 Å². The number of anilines is 1. The van der Waals surface area contributed by atoms with Gasteiger partial charge in [0.2, 0.25) is 0 Å². The van der Waals surface area contributed by atoms with Gasteiger partial charge in [-0.3, -0.25) is 0 Å². The number of esters is 1. The van der Waals surface area contributed by atoms with E-state index >= 15 is 0 Å². The number of hydrogen-bond acceptors (Lipinski definition) is 3. The summed E-state index contributed by atoms with van der Waals surface area (Å²) in [6.45, 7) is 0. The predicted octanol–water partition coefficient (Wildman–Crippen LogP) is 2.63. The van der Waals surface area contributed by atoms with Crippen molar-refractivity contribution in [2.75, 3.05) is 5.73 Å². The Balaban J connectivity index is 2.21. The zero-order chi connectivity index (χ0) is 12.3. The molecule has 0 aliphatic carbocycles. The van der Waals surface area contributed by atoms with Gasteiger partial charge in [0.15, 0.2) is 0 Å². The van der Waals surface area contributed by atoms with E-state index in [1.165, 1.54) is 6.07 Å². The quantitative estimate of drug-likeness (QED) is 0.491. The molecular weight excluding hydrogens is 221 g/mol. The first-order valence-corrected chi connectivity index (χ1v) is 4.99. The Hall–Kier alpha value is -2.36. The Morgan fingerprint density at radius 3 is 2.47 bits per heavy atom. The smallest absolute Gasteiger partial charge is 0.345 e. The van der Waals surface area contributed by atoms with Crippen LogP contribution in [0.1, 0.15) is 10.4 Å². The van der Waals surface area contributed by atoms with Crippen LogP contribution in [0.3, 0.4) is 0 Å². The molecule has 0 bridgehead atoms. The van der Waals surface area contributed by atoms with Crippen molar-refractivity contribution in [1.29, 1.82) is 0 Å². The molecule has 3 nitrogen and oxygen atoms in total. The number of para-hydroxylation sites is 1. The van der Waals surface area contributed by atoms with Crippen LogP contribution in [0.15, 0.2) is 48.5 Å². The number of nitrogen functional groups attached to an aromatic ring is 1. The van der Waals surface area contributed by atoms with Gasteiger partial charge >= 0.3 is 5.97 Å². The molecule has 0 atom stereocenters. The van der Waals surface area contributed by atoms with Gasteiger partial charge in [0, 0.05) is 5.69 Å². The van der Waals surface area contributed by atoms with Crippen LogP contribution in [0.5, 0.6) is 5.75 Å². The normalized spacial score (nSPS) is 9.94. The number of nitrogens with two attached hydrogens (primary N) is 1. The molecule has 2 aromatic rings. The highest BCUT2D eigenvalue weighted by molar-refractivity contribution is 5.96. The van der Waals surface area contributed by atoms with E-state index in [1.54, 1.807) is 24.3 Å². The van der Waals surface area contributed by atoms with Gasteiger partial charge in [-0.2, -0.15) is 0 Å². The maximum absolute atomic E-state index is 12.8. The van der Waals surface area contributed by atoms with Crippen LogP contribution in [0.25, 0.3) is 0 Å². The number of rotatable bonds is 2. The van der Waals surface area contributed by atoms with Gasteiger partial charge in [0.05, 0.1) is 5.56 Å². The van der Waals surface area contributed by atoms with Gasteiger partial charge in [-0.15, -0.1) is 0 Å². The van der Waals surface area contributed by atoms with Crippen LogP contribution in [-0.2, 0) is 0 Å². The van der Waals surface area contributed by atoms with Gasteiger partial charge in [-0.25, -0.2) is 9.18 Å². The number of benzene rings is 2. The lowest BCUT2D eigenvalue weighted by Gasteiger charge is -2.06. The minimum Gasteiger partial charge on any atom is -0.423 e. The molecule has 0 aliphatic rings. The molecule has 0 fully saturated rings. The van der Waals surface area contributed by atoms with Crippen LogP contribution in [-0.4, -0.2) is 5.97 Å². The topological polar surface area (TPSA) is 52.3 Å².